The van der Waals surface area contributed by atoms with Crippen molar-refractivity contribution in [3.05, 3.63) is 36.4 Å². The number of para-hydroxylation sites is 1. The van der Waals surface area contributed by atoms with Gasteiger partial charge in [-0.1, -0.05) is 23.5 Å². The summed E-state index contributed by atoms with van der Waals surface area (Å²) < 4.78 is 24.5. The Balaban J connectivity index is 0.00000162. The molecule has 1 unspecified atom stereocenters. The Kier molecular flexibility index (Phi) is 8.98. The van der Waals surface area contributed by atoms with E-state index < -0.39 is 0 Å². The van der Waals surface area contributed by atoms with E-state index in [1.54, 1.807) is 25.6 Å². The molecular formula is C24H31Cl2N3O4S. The minimum atomic E-state index is -0.161. The largest absolute Gasteiger partial charge is 0.493 e. The Morgan fingerprint density at radius 2 is 1.71 bits per heavy atom. The predicted octanol–water partition coefficient (Wildman–Crippen LogP) is 5.10. The van der Waals surface area contributed by atoms with E-state index in [1.165, 1.54) is 4.70 Å². The van der Waals surface area contributed by atoms with Crippen molar-refractivity contribution < 1.29 is 18.9 Å². The molecule has 10 heteroatoms. The number of aromatic nitrogens is 1. The molecule has 2 aliphatic rings. The van der Waals surface area contributed by atoms with Crippen LogP contribution in [0.2, 0.25) is 0 Å². The van der Waals surface area contributed by atoms with Gasteiger partial charge >= 0.3 is 0 Å². The molecule has 1 fully saturated rings. The average molecular weight is 529 g/mol. The van der Waals surface area contributed by atoms with E-state index in [-0.39, 0.29) is 31.0 Å². The molecule has 1 saturated heterocycles. The predicted molar refractivity (Wildman–Crippen MR) is 141 cm³/mol. The molecule has 5 rings (SSSR count). The zero-order chi connectivity index (χ0) is 22.1. The van der Waals surface area contributed by atoms with E-state index in [0.29, 0.717) is 35.5 Å². The summed E-state index contributed by atoms with van der Waals surface area (Å²) in [5.41, 5.74) is 1.09. The molecule has 0 radical (unpaired) electrons. The summed E-state index contributed by atoms with van der Waals surface area (Å²) >= 11 is 1.79. The molecule has 2 aliphatic heterocycles. The van der Waals surface area contributed by atoms with E-state index in [2.05, 4.69) is 41.1 Å². The standard InChI is InChI=1S/C24H29N3O4S.2ClH/c1-26(21-15-30-22-18(28-2)8-9-19(29-3)23(22)31-21)14-16-10-12-27(13-11-16)24-25-17-6-4-5-7-20(17)32-24;;/h4-9,16,21H,10-15H2,1-3H3;2*1H. The third-order valence-electron chi connectivity index (χ3n) is 6.31. The molecule has 7 nitrogen and oxygen atoms in total. The monoisotopic (exact) mass is 527 g/mol. The van der Waals surface area contributed by atoms with Gasteiger partial charge < -0.3 is 23.8 Å². The van der Waals surface area contributed by atoms with Crippen molar-refractivity contribution in [3.8, 4) is 23.0 Å². The summed E-state index contributed by atoms with van der Waals surface area (Å²) in [6, 6.07) is 12.0. The molecule has 0 N–H and O–H groups in total. The van der Waals surface area contributed by atoms with Crippen molar-refractivity contribution in [2.75, 3.05) is 52.4 Å². The first kappa shape index (κ1) is 26.5. The number of halogens is 2. The van der Waals surface area contributed by atoms with Gasteiger partial charge in [0, 0.05) is 19.6 Å². The number of methoxy groups -OCH3 is 2. The zero-order valence-corrected chi connectivity index (χ0v) is 22.0. The molecule has 3 aromatic rings. The van der Waals surface area contributed by atoms with Crippen molar-refractivity contribution in [3.63, 3.8) is 0 Å². The normalized spacial score (nSPS) is 17.8. The number of rotatable bonds is 6. The highest BCUT2D eigenvalue weighted by molar-refractivity contribution is 7.22. The number of benzene rings is 2. The van der Waals surface area contributed by atoms with Crippen molar-refractivity contribution in [2.45, 2.75) is 19.1 Å². The van der Waals surface area contributed by atoms with Gasteiger partial charge in [0.2, 0.25) is 11.5 Å². The van der Waals surface area contributed by atoms with Crippen LogP contribution in [0.3, 0.4) is 0 Å². The highest BCUT2D eigenvalue weighted by Crippen LogP contribution is 2.47. The molecule has 0 spiro atoms. The average Bonchev–Trinajstić information content (AvgIpc) is 3.27. The van der Waals surface area contributed by atoms with E-state index >= 15 is 0 Å². The van der Waals surface area contributed by atoms with Gasteiger partial charge in [-0.25, -0.2) is 4.98 Å². The topological polar surface area (TPSA) is 56.3 Å². The van der Waals surface area contributed by atoms with Crippen LogP contribution in [-0.2, 0) is 0 Å². The molecule has 0 amide bonds. The summed E-state index contributed by atoms with van der Waals surface area (Å²) in [6.07, 6.45) is 2.12. The second-order valence-corrected chi connectivity index (χ2v) is 9.36. The van der Waals surface area contributed by atoms with Crippen LogP contribution in [0.1, 0.15) is 12.8 Å². The Hall–Kier alpha value is -2.13. The van der Waals surface area contributed by atoms with Gasteiger partial charge in [-0.2, -0.15) is 0 Å². The van der Waals surface area contributed by atoms with Crippen LogP contribution in [0.5, 0.6) is 23.0 Å². The van der Waals surface area contributed by atoms with Gasteiger partial charge in [0.25, 0.3) is 0 Å². The van der Waals surface area contributed by atoms with Gasteiger partial charge in [0.05, 0.1) is 24.4 Å². The highest BCUT2D eigenvalue weighted by Gasteiger charge is 2.32. The van der Waals surface area contributed by atoms with E-state index in [1.807, 2.05) is 12.1 Å². The second kappa shape index (κ2) is 11.5. The number of piperidine rings is 1. The lowest BCUT2D eigenvalue weighted by Gasteiger charge is -2.37. The first-order valence-corrected chi connectivity index (χ1v) is 11.8. The van der Waals surface area contributed by atoms with Crippen molar-refractivity contribution in [1.82, 2.24) is 9.88 Å². The van der Waals surface area contributed by atoms with Crippen LogP contribution in [0, 0.1) is 5.92 Å². The van der Waals surface area contributed by atoms with Crippen molar-refractivity contribution >= 4 is 51.5 Å². The molecule has 34 heavy (non-hydrogen) atoms. The van der Waals surface area contributed by atoms with Gasteiger partial charge in [-0.3, -0.25) is 4.90 Å². The molecule has 2 aromatic carbocycles. The van der Waals surface area contributed by atoms with Crippen molar-refractivity contribution in [1.29, 1.82) is 0 Å². The first-order valence-electron chi connectivity index (χ1n) is 11.0. The van der Waals surface area contributed by atoms with E-state index in [0.717, 1.165) is 43.1 Å². The summed E-state index contributed by atoms with van der Waals surface area (Å²) in [7, 11) is 5.37. The Labute approximate surface area is 216 Å². The second-order valence-electron chi connectivity index (χ2n) is 8.35. The Morgan fingerprint density at radius 1 is 1.03 bits per heavy atom. The number of ether oxygens (including phenoxy) is 4. The molecule has 1 atom stereocenters. The molecule has 3 heterocycles. The van der Waals surface area contributed by atoms with Crippen LogP contribution in [0.15, 0.2) is 36.4 Å². The molecule has 0 aliphatic carbocycles. The van der Waals surface area contributed by atoms with Gasteiger partial charge in [0.15, 0.2) is 22.9 Å². The van der Waals surface area contributed by atoms with Crippen LogP contribution in [0.25, 0.3) is 10.2 Å². The number of likely N-dealkylation sites (N-methyl/N-ethyl adjacent to an activating group) is 1. The lowest BCUT2D eigenvalue weighted by molar-refractivity contribution is -0.0260. The maximum Gasteiger partial charge on any atom is 0.209 e. The zero-order valence-electron chi connectivity index (χ0n) is 19.6. The quantitative estimate of drug-likeness (QED) is 0.441. The van der Waals surface area contributed by atoms with Crippen LogP contribution in [0.4, 0.5) is 5.13 Å². The summed E-state index contributed by atoms with van der Waals surface area (Å²) in [5.74, 6) is 3.15. The number of hydrogen-bond donors (Lipinski definition) is 0. The van der Waals surface area contributed by atoms with E-state index in [4.69, 9.17) is 23.9 Å². The number of fused-ring (bicyclic) bond motifs is 2. The van der Waals surface area contributed by atoms with Gasteiger partial charge in [-0.15, -0.1) is 24.8 Å². The summed E-state index contributed by atoms with van der Waals surface area (Å²) in [6.45, 7) is 3.49. The molecular weight excluding hydrogens is 497 g/mol. The fourth-order valence-electron chi connectivity index (χ4n) is 4.47. The van der Waals surface area contributed by atoms with Crippen LogP contribution in [-0.4, -0.2) is 63.6 Å². The number of thiazole rings is 1. The molecule has 1 aromatic heterocycles. The third-order valence-corrected chi connectivity index (χ3v) is 7.41. The number of anilines is 1. The lowest BCUT2D eigenvalue weighted by Crippen LogP contribution is -2.47. The smallest absolute Gasteiger partial charge is 0.209 e. The summed E-state index contributed by atoms with van der Waals surface area (Å²) in [4.78, 5) is 9.50. The van der Waals surface area contributed by atoms with Gasteiger partial charge in [-0.05, 0) is 50.1 Å². The highest BCUT2D eigenvalue weighted by atomic mass is 35.5. The van der Waals surface area contributed by atoms with Crippen LogP contribution >= 0.6 is 36.2 Å². The van der Waals surface area contributed by atoms with Crippen molar-refractivity contribution in [2.24, 2.45) is 5.92 Å². The summed E-state index contributed by atoms with van der Waals surface area (Å²) in [5, 5.41) is 1.14. The molecule has 0 bridgehead atoms. The Bertz CT molecular complexity index is 1060. The maximum absolute atomic E-state index is 6.30. The number of hydrogen-bond acceptors (Lipinski definition) is 8. The maximum atomic E-state index is 6.30. The molecule has 0 saturated carbocycles. The molecule has 186 valence electrons. The lowest BCUT2D eigenvalue weighted by atomic mass is 9.96. The third kappa shape index (κ3) is 5.25. The minimum Gasteiger partial charge on any atom is -0.493 e. The van der Waals surface area contributed by atoms with Gasteiger partial charge in [0.1, 0.15) is 6.61 Å². The first-order chi connectivity index (χ1) is 15.7. The number of nitrogens with zero attached hydrogens (tertiary/aromatic N) is 3. The SMILES string of the molecule is COc1ccc(OC)c2c1OCC(N(C)CC1CCN(c3nc4ccccc4s3)CC1)O2.Cl.Cl. The minimum absolute atomic E-state index is 0. The fourth-order valence-corrected chi connectivity index (χ4v) is 5.48. The van der Waals surface area contributed by atoms with Crippen LogP contribution < -0.4 is 23.8 Å². The van der Waals surface area contributed by atoms with E-state index in [9.17, 15) is 0 Å². The fraction of sp³-hybridized carbons (Fsp3) is 0.458. The Morgan fingerprint density at radius 3 is 2.38 bits per heavy atom.